The van der Waals surface area contributed by atoms with Crippen molar-refractivity contribution in [2.75, 3.05) is 13.2 Å². The lowest BCUT2D eigenvalue weighted by Gasteiger charge is -2.27. The molecule has 1 aromatic carbocycles. The molecule has 0 aliphatic carbocycles. The van der Waals surface area contributed by atoms with E-state index in [4.69, 9.17) is 10.5 Å². The Bertz CT molecular complexity index is 538. The topological polar surface area (TPSA) is 107 Å². The number of nitrogens with zero attached hydrogens (tertiary/aromatic N) is 1. The smallest absolute Gasteiger partial charge is 0.311 e. The molecule has 1 atom stereocenters. The summed E-state index contributed by atoms with van der Waals surface area (Å²) in [6.45, 7) is 3.71. The second-order valence-electron chi connectivity index (χ2n) is 4.78. The first-order chi connectivity index (χ1) is 9.80. The molecule has 3 N–H and O–H groups in total. The minimum Gasteiger partial charge on any atom is -0.484 e. The van der Waals surface area contributed by atoms with Crippen LogP contribution in [-0.4, -0.2) is 29.5 Å². The number of nitro benzene ring substituents is 1. The van der Waals surface area contributed by atoms with Gasteiger partial charge in [0.1, 0.15) is 18.0 Å². The van der Waals surface area contributed by atoms with E-state index < -0.39 is 22.2 Å². The predicted molar refractivity (Wildman–Crippen MR) is 74.4 cm³/mol. The molecule has 0 aliphatic heterocycles. The number of halogens is 1. The Labute approximate surface area is 121 Å². The lowest BCUT2D eigenvalue weighted by atomic mass is 10.0. The number of nitro groups is 1. The van der Waals surface area contributed by atoms with Crippen LogP contribution in [0.1, 0.15) is 20.3 Å². The quantitative estimate of drug-likeness (QED) is 0.556. The molecule has 0 saturated heterocycles. The number of carbonyl (C=O) groups excluding carboxylic acids is 1. The van der Waals surface area contributed by atoms with E-state index in [0.717, 1.165) is 24.6 Å². The molecule has 0 saturated carbocycles. The maximum absolute atomic E-state index is 13.2. The molecule has 1 aromatic rings. The molecular weight excluding hydrogens is 281 g/mol. The predicted octanol–water partition coefficient (Wildman–Crippen LogP) is 1.36. The van der Waals surface area contributed by atoms with Gasteiger partial charge in [-0.1, -0.05) is 6.92 Å². The van der Waals surface area contributed by atoms with E-state index in [9.17, 15) is 19.3 Å². The zero-order chi connectivity index (χ0) is 16.0. The van der Waals surface area contributed by atoms with Crippen molar-refractivity contribution >= 4 is 11.6 Å². The van der Waals surface area contributed by atoms with E-state index in [0.29, 0.717) is 6.54 Å². The van der Waals surface area contributed by atoms with Gasteiger partial charge in [-0.3, -0.25) is 14.9 Å². The van der Waals surface area contributed by atoms with Crippen LogP contribution in [0.3, 0.4) is 0 Å². The summed E-state index contributed by atoms with van der Waals surface area (Å²) in [6.07, 6.45) is 0.767. The molecule has 0 aromatic heterocycles. The van der Waals surface area contributed by atoms with Crippen LogP contribution >= 0.6 is 0 Å². The number of nitrogens with two attached hydrogens (primary N) is 1. The molecule has 8 heteroatoms. The molecule has 0 aliphatic rings. The van der Waals surface area contributed by atoms with Crippen molar-refractivity contribution in [1.29, 1.82) is 0 Å². The Morgan fingerprint density at radius 2 is 2.24 bits per heavy atom. The number of benzene rings is 1. The van der Waals surface area contributed by atoms with Gasteiger partial charge in [-0.25, -0.2) is 4.39 Å². The molecule has 21 heavy (non-hydrogen) atoms. The molecule has 1 amide bonds. The molecule has 0 spiro atoms. The Kier molecular flexibility index (Phi) is 5.60. The van der Waals surface area contributed by atoms with Crippen molar-refractivity contribution in [3.63, 3.8) is 0 Å². The lowest BCUT2D eigenvalue weighted by Crippen LogP contribution is -2.57. The van der Waals surface area contributed by atoms with E-state index >= 15 is 0 Å². The van der Waals surface area contributed by atoms with E-state index in [1.54, 1.807) is 0 Å². The minimum absolute atomic E-state index is 0.243. The molecule has 0 radical (unpaired) electrons. The fraction of sp³-hybridized carbons (Fsp3) is 0.462. The van der Waals surface area contributed by atoms with Crippen molar-refractivity contribution in [2.45, 2.75) is 25.8 Å². The maximum Gasteiger partial charge on any atom is 0.311 e. The van der Waals surface area contributed by atoms with Crippen LogP contribution in [0.2, 0.25) is 0 Å². The number of rotatable bonds is 8. The van der Waals surface area contributed by atoms with Crippen molar-refractivity contribution in [1.82, 2.24) is 5.32 Å². The molecule has 1 unspecified atom stereocenters. The molecule has 116 valence electrons. The maximum atomic E-state index is 13.2. The summed E-state index contributed by atoms with van der Waals surface area (Å²) in [4.78, 5) is 21.7. The second kappa shape index (κ2) is 6.98. The van der Waals surface area contributed by atoms with E-state index in [1.165, 1.54) is 6.92 Å². The third-order valence-corrected chi connectivity index (χ3v) is 2.94. The summed E-state index contributed by atoms with van der Waals surface area (Å²) in [5.41, 5.74) is 3.74. The fourth-order valence-electron chi connectivity index (χ4n) is 1.59. The molecule has 0 fully saturated rings. The molecule has 7 nitrogen and oxygen atoms in total. The SMILES string of the molecule is CCCNC(C)(COc1cc(F)ccc1[N+](=O)[O-])C(N)=O. The van der Waals surface area contributed by atoms with Crippen LogP contribution in [0.5, 0.6) is 5.75 Å². The Morgan fingerprint density at radius 3 is 2.76 bits per heavy atom. The molecule has 0 bridgehead atoms. The second-order valence-corrected chi connectivity index (χ2v) is 4.78. The largest absolute Gasteiger partial charge is 0.484 e. The van der Waals surface area contributed by atoms with Gasteiger partial charge in [0.2, 0.25) is 5.91 Å². The highest BCUT2D eigenvalue weighted by atomic mass is 19.1. The van der Waals surface area contributed by atoms with E-state index in [2.05, 4.69) is 5.32 Å². The molecule has 0 heterocycles. The highest BCUT2D eigenvalue weighted by molar-refractivity contribution is 5.84. The van der Waals surface area contributed by atoms with E-state index in [-0.39, 0.29) is 18.0 Å². The Hall–Kier alpha value is -2.22. The third kappa shape index (κ3) is 4.38. The van der Waals surface area contributed by atoms with E-state index in [1.807, 2.05) is 6.92 Å². The van der Waals surface area contributed by atoms with Gasteiger partial charge >= 0.3 is 5.69 Å². The first-order valence-corrected chi connectivity index (χ1v) is 6.42. The van der Waals surface area contributed by atoms with Gasteiger partial charge < -0.3 is 15.8 Å². The number of nitrogens with one attached hydrogen (secondary N) is 1. The summed E-state index contributed by atoms with van der Waals surface area (Å²) < 4.78 is 18.4. The van der Waals surface area contributed by atoms with Crippen LogP contribution in [0.4, 0.5) is 10.1 Å². The Balaban J connectivity index is 2.92. The van der Waals surface area contributed by atoms with Gasteiger partial charge in [0.05, 0.1) is 4.92 Å². The van der Waals surface area contributed by atoms with Gasteiger partial charge in [0, 0.05) is 12.1 Å². The first kappa shape index (κ1) is 16.8. The number of primary amides is 1. The average molecular weight is 299 g/mol. The number of carbonyl (C=O) groups is 1. The standard InChI is InChI=1S/C13H18FN3O4/c1-3-6-16-13(2,12(15)18)8-21-11-7-9(14)4-5-10(11)17(19)20/h4-5,7,16H,3,6,8H2,1-2H3,(H2,15,18). The summed E-state index contributed by atoms with van der Waals surface area (Å²) >= 11 is 0. The summed E-state index contributed by atoms with van der Waals surface area (Å²) in [5.74, 6) is -1.57. The van der Waals surface area contributed by atoms with Gasteiger partial charge in [0.15, 0.2) is 5.75 Å². The summed E-state index contributed by atoms with van der Waals surface area (Å²) in [7, 11) is 0. The number of amides is 1. The van der Waals surface area contributed by atoms with Gasteiger partial charge in [-0.15, -0.1) is 0 Å². The lowest BCUT2D eigenvalue weighted by molar-refractivity contribution is -0.386. The monoisotopic (exact) mass is 299 g/mol. The molecule has 1 rings (SSSR count). The van der Waals surface area contributed by atoms with Crippen molar-refractivity contribution in [2.24, 2.45) is 5.73 Å². The van der Waals surface area contributed by atoms with Gasteiger partial charge in [-0.05, 0) is 26.0 Å². The molecular formula is C13H18FN3O4. The number of hydrogen-bond donors (Lipinski definition) is 2. The van der Waals surface area contributed by atoms with Crippen LogP contribution in [0.25, 0.3) is 0 Å². The zero-order valence-corrected chi connectivity index (χ0v) is 11.9. The first-order valence-electron chi connectivity index (χ1n) is 6.42. The minimum atomic E-state index is -1.20. The summed E-state index contributed by atoms with van der Waals surface area (Å²) in [6, 6.07) is 2.87. The summed E-state index contributed by atoms with van der Waals surface area (Å²) in [5, 5.41) is 13.8. The Morgan fingerprint density at radius 1 is 1.57 bits per heavy atom. The number of ether oxygens (including phenoxy) is 1. The van der Waals surface area contributed by atoms with Gasteiger partial charge in [-0.2, -0.15) is 0 Å². The van der Waals surface area contributed by atoms with Crippen molar-refractivity contribution in [3.8, 4) is 5.75 Å². The normalized spacial score (nSPS) is 13.5. The zero-order valence-electron chi connectivity index (χ0n) is 11.9. The number of hydrogen-bond acceptors (Lipinski definition) is 5. The van der Waals surface area contributed by atoms with Crippen LogP contribution in [0, 0.1) is 15.9 Å². The highest BCUT2D eigenvalue weighted by Gasteiger charge is 2.32. The van der Waals surface area contributed by atoms with Crippen LogP contribution < -0.4 is 15.8 Å². The van der Waals surface area contributed by atoms with Crippen molar-refractivity contribution in [3.05, 3.63) is 34.1 Å². The fourth-order valence-corrected chi connectivity index (χ4v) is 1.59. The van der Waals surface area contributed by atoms with Crippen molar-refractivity contribution < 1.29 is 18.8 Å². The van der Waals surface area contributed by atoms with Crippen LogP contribution in [0.15, 0.2) is 18.2 Å². The third-order valence-electron chi connectivity index (χ3n) is 2.94. The average Bonchev–Trinajstić information content (AvgIpc) is 2.42. The highest BCUT2D eigenvalue weighted by Crippen LogP contribution is 2.28. The van der Waals surface area contributed by atoms with Crippen LogP contribution in [-0.2, 0) is 4.79 Å². The van der Waals surface area contributed by atoms with Gasteiger partial charge in [0.25, 0.3) is 0 Å².